The first-order chi connectivity index (χ1) is 10.0. The molecule has 110 valence electrons. The van der Waals surface area contributed by atoms with Gasteiger partial charge in [0.1, 0.15) is 5.82 Å². The first kappa shape index (κ1) is 15.2. The lowest BCUT2D eigenvalue weighted by atomic mass is 10.0. The summed E-state index contributed by atoms with van der Waals surface area (Å²) in [6.07, 6.45) is 0. The first-order valence-electron chi connectivity index (χ1n) is 6.76. The molecule has 0 aliphatic rings. The van der Waals surface area contributed by atoms with Crippen molar-refractivity contribution in [2.75, 3.05) is 6.61 Å². The Morgan fingerprint density at radius 1 is 1.19 bits per heavy atom. The molecule has 2 aromatic carbocycles. The zero-order valence-electron chi connectivity index (χ0n) is 12.1. The van der Waals surface area contributed by atoms with Crippen molar-refractivity contribution >= 4 is 5.91 Å². The maximum Gasteiger partial charge on any atom is 0.251 e. The number of hydrogen-bond donors (Lipinski definition) is 2. The van der Waals surface area contributed by atoms with Crippen LogP contribution in [0.3, 0.4) is 0 Å². The number of nitrogens with one attached hydrogen (secondary N) is 1. The fourth-order valence-electron chi connectivity index (χ4n) is 2.24. The van der Waals surface area contributed by atoms with E-state index in [1.165, 1.54) is 12.1 Å². The minimum absolute atomic E-state index is 0.199. The molecule has 0 fully saturated rings. The van der Waals surface area contributed by atoms with Crippen LogP contribution in [0.5, 0.6) is 0 Å². The zero-order chi connectivity index (χ0) is 15.4. The Kier molecular flexibility index (Phi) is 4.70. The summed E-state index contributed by atoms with van der Waals surface area (Å²) in [6.45, 7) is 3.05. The Morgan fingerprint density at radius 3 is 2.29 bits per heavy atom. The first-order valence-corrected chi connectivity index (χ1v) is 6.76. The van der Waals surface area contributed by atoms with Gasteiger partial charge in [-0.3, -0.25) is 4.79 Å². The largest absolute Gasteiger partial charge is 0.394 e. The smallest absolute Gasteiger partial charge is 0.251 e. The van der Waals surface area contributed by atoms with Crippen LogP contribution in [-0.4, -0.2) is 17.6 Å². The number of benzene rings is 2. The fourth-order valence-corrected chi connectivity index (χ4v) is 2.24. The number of carbonyl (C=O) groups is 1. The molecule has 0 heterocycles. The van der Waals surface area contributed by atoms with Gasteiger partial charge in [0.15, 0.2) is 0 Å². The highest BCUT2D eigenvalue weighted by Crippen LogP contribution is 2.17. The lowest BCUT2D eigenvalue weighted by Gasteiger charge is -2.17. The molecule has 1 amide bonds. The summed E-state index contributed by atoms with van der Waals surface area (Å²) in [5.41, 5.74) is 2.07. The molecule has 3 nitrogen and oxygen atoms in total. The number of aryl methyl sites for hydroxylation is 2. The molecule has 0 bridgehead atoms. The number of aliphatic hydroxyl groups excluding tert-OH is 1. The summed E-state index contributed by atoms with van der Waals surface area (Å²) >= 11 is 0. The minimum atomic E-state index is -0.482. The van der Waals surface area contributed by atoms with Gasteiger partial charge in [-0.1, -0.05) is 30.3 Å². The minimum Gasteiger partial charge on any atom is -0.394 e. The van der Waals surface area contributed by atoms with E-state index in [0.717, 1.165) is 5.56 Å². The van der Waals surface area contributed by atoms with Crippen molar-refractivity contribution in [1.29, 1.82) is 0 Å². The Morgan fingerprint density at radius 2 is 1.76 bits per heavy atom. The highest BCUT2D eigenvalue weighted by molar-refractivity contribution is 5.94. The normalized spacial score (nSPS) is 12.0. The Hall–Kier alpha value is -2.20. The van der Waals surface area contributed by atoms with Crippen LogP contribution in [0, 0.1) is 19.7 Å². The van der Waals surface area contributed by atoms with Crippen LogP contribution in [0.25, 0.3) is 0 Å². The molecule has 0 aromatic heterocycles. The van der Waals surface area contributed by atoms with E-state index in [-0.39, 0.29) is 18.3 Å². The molecule has 0 aliphatic heterocycles. The number of carbonyl (C=O) groups excluding carboxylic acids is 1. The lowest BCUT2D eigenvalue weighted by molar-refractivity contribution is 0.0916. The third-order valence-corrected chi connectivity index (χ3v) is 3.39. The van der Waals surface area contributed by atoms with E-state index in [2.05, 4.69) is 5.32 Å². The summed E-state index contributed by atoms with van der Waals surface area (Å²) < 4.78 is 13.6. The standard InChI is InChI=1S/C17H18FNO2/c1-11-8-14(9-12(2)16(11)18)17(21)19-15(10-20)13-6-4-3-5-7-13/h3-9,15,20H,10H2,1-2H3,(H,19,21)/t15-/m1/s1. The molecule has 2 rings (SSSR count). The van der Waals surface area contributed by atoms with E-state index in [9.17, 15) is 14.3 Å². The molecule has 0 saturated heterocycles. The van der Waals surface area contributed by atoms with Gasteiger partial charge in [-0.25, -0.2) is 4.39 Å². The van der Waals surface area contributed by atoms with Crippen LogP contribution in [0.2, 0.25) is 0 Å². The Labute approximate surface area is 123 Å². The maximum absolute atomic E-state index is 13.6. The molecule has 0 unspecified atom stereocenters. The maximum atomic E-state index is 13.6. The van der Waals surface area contributed by atoms with Crippen molar-refractivity contribution in [2.24, 2.45) is 0 Å². The van der Waals surface area contributed by atoms with Gasteiger partial charge in [-0.05, 0) is 42.7 Å². The monoisotopic (exact) mass is 287 g/mol. The summed E-state index contributed by atoms with van der Waals surface area (Å²) in [6, 6.07) is 11.8. The average Bonchev–Trinajstić information content (AvgIpc) is 2.50. The van der Waals surface area contributed by atoms with Crippen molar-refractivity contribution in [1.82, 2.24) is 5.32 Å². The van der Waals surface area contributed by atoms with Crippen LogP contribution < -0.4 is 5.32 Å². The van der Waals surface area contributed by atoms with Crippen molar-refractivity contribution in [2.45, 2.75) is 19.9 Å². The SMILES string of the molecule is Cc1cc(C(=O)N[C@H](CO)c2ccccc2)cc(C)c1F. The van der Waals surface area contributed by atoms with E-state index >= 15 is 0 Å². The Bertz CT molecular complexity index is 617. The topological polar surface area (TPSA) is 49.3 Å². The van der Waals surface area contributed by atoms with Gasteiger partial charge < -0.3 is 10.4 Å². The van der Waals surface area contributed by atoms with E-state index in [1.807, 2.05) is 30.3 Å². The van der Waals surface area contributed by atoms with Crippen molar-refractivity contribution in [3.8, 4) is 0 Å². The van der Waals surface area contributed by atoms with Crippen LogP contribution in [-0.2, 0) is 0 Å². The zero-order valence-corrected chi connectivity index (χ0v) is 12.1. The van der Waals surface area contributed by atoms with Crippen LogP contribution in [0.1, 0.15) is 33.1 Å². The lowest BCUT2D eigenvalue weighted by Crippen LogP contribution is -2.30. The van der Waals surface area contributed by atoms with Crippen LogP contribution in [0.4, 0.5) is 4.39 Å². The molecule has 0 aliphatic carbocycles. The van der Waals surface area contributed by atoms with Crippen molar-refractivity contribution < 1.29 is 14.3 Å². The van der Waals surface area contributed by atoms with Crippen molar-refractivity contribution in [3.05, 3.63) is 70.5 Å². The van der Waals surface area contributed by atoms with Gasteiger partial charge in [0.2, 0.25) is 0 Å². The molecule has 1 atom stereocenters. The molecule has 0 saturated carbocycles. The van der Waals surface area contributed by atoms with Gasteiger partial charge in [-0.15, -0.1) is 0 Å². The molecule has 21 heavy (non-hydrogen) atoms. The number of rotatable bonds is 4. The molecule has 2 aromatic rings. The number of aliphatic hydroxyl groups is 1. The number of halogens is 1. The highest BCUT2D eigenvalue weighted by Gasteiger charge is 2.16. The second-order valence-corrected chi connectivity index (χ2v) is 5.04. The third-order valence-electron chi connectivity index (χ3n) is 3.39. The molecule has 4 heteroatoms. The predicted octanol–water partition coefficient (Wildman–Crippen LogP) is 2.91. The number of hydrogen-bond acceptors (Lipinski definition) is 2. The van der Waals surface area contributed by atoms with Gasteiger partial charge in [0.25, 0.3) is 5.91 Å². The molecular weight excluding hydrogens is 269 g/mol. The third kappa shape index (κ3) is 3.47. The van der Waals surface area contributed by atoms with E-state index in [0.29, 0.717) is 16.7 Å². The van der Waals surface area contributed by atoms with Crippen LogP contribution >= 0.6 is 0 Å². The molecular formula is C17H18FNO2. The van der Waals surface area contributed by atoms with Crippen molar-refractivity contribution in [3.63, 3.8) is 0 Å². The van der Waals surface area contributed by atoms with Gasteiger partial charge in [0.05, 0.1) is 12.6 Å². The van der Waals surface area contributed by atoms with E-state index in [1.54, 1.807) is 13.8 Å². The summed E-state index contributed by atoms with van der Waals surface area (Å²) in [5, 5.41) is 12.2. The van der Waals surface area contributed by atoms with Crippen LogP contribution in [0.15, 0.2) is 42.5 Å². The average molecular weight is 287 g/mol. The quantitative estimate of drug-likeness (QED) is 0.908. The Balaban J connectivity index is 2.21. The number of amides is 1. The second-order valence-electron chi connectivity index (χ2n) is 5.04. The highest BCUT2D eigenvalue weighted by atomic mass is 19.1. The van der Waals surface area contributed by atoms with E-state index < -0.39 is 6.04 Å². The molecule has 2 N–H and O–H groups in total. The molecule has 0 spiro atoms. The van der Waals surface area contributed by atoms with Gasteiger partial charge in [0, 0.05) is 5.56 Å². The summed E-state index contributed by atoms with van der Waals surface area (Å²) in [5.74, 6) is -0.627. The van der Waals surface area contributed by atoms with Gasteiger partial charge >= 0.3 is 0 Å². The summed E-state index contributed by atoms with van der Waals surface area (Å²) in [7, 11) is 0. The fraction of sp³-hybridized carbons (Fsp3) is 0.235. The molecule has 0 radical (unpaired) electrons. The summed E-state index contributed by atoms with van der Waals surface area (Å²) in [4.78, 5) is 12.3. The van der Waals surface area contributed by atoms with Gasteiger partial charge in [-0.2, -0.15) is 0 Å². The predicted molar refractivity (Wildman–Crippen MR) is 79.6 cm³/mol. The van der Waals surface area contributed by atoms with E-state index in [4.69, 9.17) is 0 Å². The second kappa shape index (κ2) is 6.50.